The molecular formula is C14H11BrClFO2. The molecule has 0 aliphatic rings. The normalized spacial score (nSPS) is 10.3. The van der Waals surface area contributed by atoms with E-state index in [2.05, 4.69) is 15.9 Å². The first kappa shape index (κ1) is 14.2. The molecule has 2 nitrogen and oxygen atoms in total. The van der Waals surface area contributed by atoms with Crippen molar-refractivity contribution in [3.8, 4) is 11.5 Å². The molecule has 0 aliphatic carbocycles. The average molecular weight is 346 g/mol. The predicted molar refractivity (Wildman–Crippen MR) is 76.5 cm³/mol. The molecule has 0 amide bonds. The molecule has 0 N–H and O–H groups in total. The second kappa shape index (κ2) is 6.78. The molecular weight excluding hydrogens is 335 g/mol. The monoisotopic (exact) mass is 344 g/mol. The largest absolute Gasteiger partial charge is 0.490 e. The summed E-state index contributed by atoms with van der Waals surface area (Å²) in [5.74, 6) is 0.318. The van der Waals surface area contributed by atoms with Crippen molar-refractivity contribution in [3.63, 3.8) is 0 Å². The van der Waals surface area contributed by atoms with Gasteiger partial charge in [-0.3, -0.25) is 0 Å². The molecule has 0 saturated carbocycles. The standard InChI is InChI=1S/C14H11BrClFO2/c15-10-4-6-11(7-5-10)18-8-9-19-13-3-1-2-12(16)14(13)17/h1-7H,8-9H2. The van der Waals surface area contributed by atoms with Gasteiger partial charge in [-0.05, 0) is 36.4 Å². The van der Waals surface area contributed by atoms with Crippen molar-refractivity contribution >= 4 is 27.5 Å². The third-order valence-electron chi connectivity index (χ3n) is 2.34. The van der Waals surface area contributed by atoms with Crippen LogP contribution in [0.1, 0.15) is 0 Å². The minimum absolute atomic E-state index is 0.0475. The summed E-state index contributed by atoms with van der Waals surface area (Å²) >= 11 is 8.98. The van der Waals surface area contributed by atoms with Gasteiger partial charge in [0.15, 0.2) is 11.6 Å². The second-order valence-corrected chi connectivity index (χ2v) is 5.03. The van der Waals surface area contributed by atoms with Crippen LogP contribution in [0.3, 0.4) is 0 Å². The first-order valence-electron chi connectivity index (χ1n) is 5.62. The Bertz CT molecular complexity index is 546. The molecule has 0 spiro atoms. The highest BCUT2D eigenvalue weighted by Gasteiger charge is 2.06. The van der Waals surface area contributed by atoms with Crippen LogP contribution >= 0.6 is 27.5 Å². The zero-order valence-corrected chi connectivity index (χ0v) is 12.2. The van der Waals surface area contributed by atoms with E-state index >= 15 is 0 Å². The Morgan fingerprint density at radius 1 is 1.00 bits per heavy atom. The van der Waals surface area contributed by atoms with Gasteiger partial charge in [-0.2, -0.15) is 0 Å². The summed E-state index contributed by atoms with van der Waals surface area (Å²) in [6, 6.07) is 12.1. The number of rotatable bonds is 5. The van der Waals surface area contributed by atoms with Crippen molar-refractivity contribution in [2.75, 3.05) is 13.2 Å². The summed E-state index contributed by atoms with van der Waals surface area (Å²) in [6.07, 6.45) is 0. The zero-order valence-electron chi connectivity index (χ0n) is 9.91. The fourth-order valence-corrected chi connectivity index (χ4v) is 1.87. The zero-order chi connectivity index (χ0) is 13.7. The molecule has 0 heterocycles. The Morgan fingerprint density at radius 3 is 2.42 bits per heavy atom. The third-order valence-corrected chi connectivity index (χ3v) is 3.16. The van der Waals surface area contributed by atoms with Crippen LogP contribution in [-0.2, 0) is 0 Å². The van der Waals surface area contributed by atoms with Crippen molar-refractivity contribution in [3.05, 3.63) is 57.8 Å². The van der Waals surface area contributed by atoms with Gasteiger partial charge in [-0.15, -0.1) is 0 Å². The smallest absolute Gasteiger partial charge is 0.183 e. The molecule has 0 saturated heterocycles. The highest BCUT2D eigenvalue weighted by Crippen LogP contribution is 2.24. The molecule has 0 aromatic heterocycles. The lowest BCUT2D eigenvalue weighted by Crippen LogP contribution is -2.09. The summed E-state index contributed by atoms with van der Waals surface area (Å²) in [7, 11) is 0. The maximum atomic E-state index is 13.5. The van der Waals surface area contributed by atoms with E-state index in [-0.39, 0.29) is 17.4 Å². The van der Waals surface area contributed by atoms with Crippen molar-refractivity contribution in [2.45, 2.75) is 0 Å². The van der Waals surface area contributed by atoms with E-state index in [4.69, 9.17) is 21.1 Å². The number of hydrogen-bond acceptors (Lipinski definition) is 2. The molecule has 0 atom stereocenters. The Morgan fingerprint density at radius 2 is 1.68 bits per heavy atom. The van der Waals surface area contributed by atoms with Gasteiger partial charge >= 0.3 is 0 Å². The molecule has 0 aliphatic heterocycles. The fraction of sp³-hybridized carbons (Fsp3) is 0.143. The van der Waals surface area contributed by atoms with Gasteiger partial charge in [0.2, 0.25) is 0 Å². The van der Waals surface area contributed by atoms with Crippen LogP contribution in [0.5, 0.6) is 11.5 Å². The van der Waals surface area contributed by atoms with Gasteiger partial charge in [-0.1, -0.05) is 33.6 Å². The lowest BCUT2D eigenvalue weighted by Gasteiger charge is -2.09. The minimum Gasteiger partial charge on any atom is -0.490 e. The molecule has 19 heavy (non-hydrogen) atoms. The number of ether oxygens (including phenoxy) is 2. The van der Waals surface area contributed by atoms with Crippen LogP contribution in [0, 0.1) is 5.82 Å². The molecule has 0 fully saturated rings. The third kappa shape index (κ3) is 4.11. The number of hydrogen-bond donors (Lipinski definition) is 0. The summed E-state index contributed by atoms with van der Waals surface area (Å²) in [5.41, 5.74) is 0. The number of benzene rings is 2. The van der Waals surface area contributed by atoms with Gasteiger partial charge in [0, 0.05) is 4.47 Å². The van der Waals surface area contributed by atoms with Crippen molar-refractivity contribution in [1.82, 2.24) is 0 Å². The molecule has 100 valence electrons. The number of halogens is 3. The molecule has 0 unspecified atom stereocenters. The molecule has 5 heteroatoms. The minimum atomic E-state index is -0.548. The molecule has 2 rings (SSSR count). The SMILES string of the molecule is Fc1c(Cl)cccc1OCCOc1ccc(Br)cc1. The first-order chi connectivity index (χ1) is 9.16. The molecule has 2 aromatic rings. The van der Waals surface area contributed by atoms with Crippen LogP contribution in [0.2, 0.25) is 5.02 Å². The van der Waals surface area contributed by atoms with E-state index in [1.165, 1.54) is 12.1 Å². The van der Waals surface area contributed by atoms with E-state index in [1.54, 1.807) is 6.07 Å². The summed E-state index contributed by atoms with van der Waals surface area (Å²) < 4.78 is 25.2. The van der Waals surface area contributed by atoms with Crippen molar-refractivity contribution in [1.29, 1.82) is 0 Å². The maximum absolute atomic E-state index is 13.5. The molecule has 0 radical (unpaired) electrons. The second-order valence-electron chi connectivity index (χ2n) is 3.70. The van der Waals surface area contributed by atoms with Crippen LogP contribution in [-0.4, -0.2) is 13.2 Å². The van der Waals surface area contributed by atoms with Gasteiger partial charge in [-0.25, -0.2) is 4.39 Å². The Balaban J connectivity index is 1.81. The quantitative estimate of drug-likeness (QED) is 0.731. The summed E-state index contributed by atoms with van der Waals surface area (Å²) in [6.45, 7) is 0.570. The van der Waals surface area contributed by atoms with Gasteiger partial charge in [0.25, 0.3) is 0 Å². The summed E-state index contributed by atoms with van der Waals surface area (Å²) in [5, 5.41) is 0.0475. The Labute approximate surface area is 124 Å². The molecule has 0 bridgehead atoms. The van der Waals surface area contributed by atoms with Crippen LogP contribution < -0.4 is 9.47 Å². The maximum Gasteiger partial charge on any atom is 0.183 e. The average Bonchev–Trinajstić information content (AvgIpc) is 2.41. The van der Waals surface area contributed by atoms with Gasteiger partial charge in [0.1, 0.15) is 19.0 Å². The van der Waals surface area contributed by atoms with Gasteiger partial charge < -0.3 is 9.47 Å². The Hall–Kier alpha value is -1.26. The van der Waals surface area contributed by atoms with E-state index in [0.29, 0.717) is 6.61 Å². The van der Waals surface area contributed by atoms with Crippen LogP contribution in [0.15, 0.2) is 46.9 Å². The van der Waals surface area contributed by atoms with Crippen LogP contribution in [0.4, 0.5) is 4.39 Å². The highest BCUT2D eigenvalue weighted by molar-refractivity contribution is 9.10. The molecule has 2 aromatic carbocycles. The topological polar surface area (TPSA) is 18.5 Å². The fourth-order valence-electron chi connectivity index (χ4n) is 1.44. The van der Waals surface area contributed by atoms with Crippen molar-refractivity contribution < 1.29 is 13.9 Å². The van der Waals surface area contributed by atoms with E-state index in [9.17, 15) is 4.39 Å². The van der Waals surface area contributed by atoms with E-state index < -0.39 is 5.82 Å². The first-order valence-corrected chi connectivity index (χ1v) is 6.79. The summed E-state index contributed by atoms with van der Waals surface area (Å²) in [4.78, 5) is 0. The Kier molecular flexibility index (Phi) is 5.05. The highest BCUT2D eigenvalue weighted by atomic mass is 79.9. The van der Waals surface area contributed by atoms with Gasteiger partial charge in [0.05, 0.1) is 5.02 Å². The van der Waals surface area contributed by atoms with E-state index in [0.717, 1.165) is 10.2 Å². The van der Waals surface area contributed by atoms with E-state index in [1.807, 2.05) is 24.3 Å². The lowest BCUT2D eigenvalue weighted by atomic mass is 10.3. The lowest BCUT2D eigenvalue weighted by molar-refractivity contribution is 0.211. The van der Waals surface area contributed by atoms with Crippen LogP contribution in [0.25, 0.3) is 0 Å². The van der Waals surface area contributed by atoms with Crippen molar-refractivity contribution in [2.24, 2.45) is 0 Å². The predicted octanol–water partition coefficient (Wildman–Crippen LogP) is 4.70.